The van der Waals surface area contributed by atoms with Crippen molar-refractivity contribution in [2.75, 3.05) is 5.75 Å². The zero-order valence-corrected chi connectivity index (χ0v) is 10.7. The van der Waals surface area contributed by atoms with Gasteiger partial charge in [0.25, 0.3) is 0 Å². The molecule has 1 aliphatic rings. The fourth-order valence-corrected chi connectivity index (χ4v) is 3.26. The third-order valence-electron chi connectivity index (χ3n) is 3.23. The van der Waals surface area contributed by atoms with Crippen molar-refractivity contribution in [3.63, 3.8) is 0 Å². The second kappa shape index (κ2) is 5.69. The van der Waals surface area contributed by atoms with Crippen molar-refractivity contribution in [1.82, 2.24) is 4.98 Å². The number of thioether (sulfide) groups is 1. The Hall–Kier alpha value is -0.540. The molecule has 0 aromatic carbocycles. The van der Waals surface area contributed by atoms with Gasteiger partial charge in [-0.2, -0.15) is 0 Å². The first-order chi connectivity index (χ1) is 7.75. The number of hydrogen-bond donors (Lipinski definition) is 1. The lowest BCUT2D eigenvalue weighted by Gasteiger charge is -2.09. The quantitative estimate of drug-likeness (QED) is 0.814. The molecule has 0 spiro atoms. The third kappa shape index (κ3) is 3.22. The van der Waals surface area contributed by atoms with Crippen molar-refractivity contribution in [2.24, 2.45) is 11.7 Å². The molecule has 2 N–H and O–H groups in total. The van der Waals surface area contributed by atoms with E-state index in [1.54, 1.807) is 0 Å². The first-order valence-corrected chi connectivity index (χ1v) is 7.08. The smallest absolute Gasteiger partial charge is 0.0963 e. The van der Waals surface area contributed by atoms with Crippen molar-refractivity contribution in [2.45, 2.75) is 43.7 Å². The highest BCUT2D eigenvalue weighted by molar-refractivity contribution is 7.99. The minimum atomic E-state index is 0.105. The van der Waals surface area contributed by atoms with Crippen LogP contribution in [0.3, 0.4) is 0 Å². The molecule has 0 amide bonds. The summed E-state index contributed by atoms with van der Waals surface area (Å²) in [4.78, 5) is 4.39. The molecule has 1 aromatic rings. The molecule has 1 heterocycles. The largest absolute Gasteiger partial charge is 0.324 e. The molecule has 0 saturated heterocycles. The van der Waals surface area contributed by atoms with Crippen molar-refractivity contribution < 1.29 is 0 Å². The van der Waals surface area contributed by atoms with Crippen LogP contribution in [-0.4, -0.2) is 10.7 Å². The second-order valence-electron chi connectivity index (χ2n) is 4.68. The Bertz CT molecular complexity index is 332. The van der Waals surface area contributed by atoms with Crippen LogP contribution in [0.5, 0.6) is 0 Å². The highest BCUT2D eigenvalue weighted by Crippen LogP contribution is 2.30. The van der Waals surface area contributed by atoms with Crippen molar-refractivity contribution in [3.05, 3.63) is 23.9 Å². The van der Waals surface area contributed by atoms with E-state index in [0.717, 1.165) is 10.9 Å². The molecule has 3 heteroatoms. The van der Waals surface area contributed by atoms with Crippen LogP contribution in [0.15, 0.2) is 23.4 Å². The van der Waals surface area contributed by atoms with Crippen molar-refractivity contribution in [3.8, 4) is 0 Å². The van der Waals surface area contributed by atoms with Crippen LogP contribution in [0.4, 0.5) is 0 Å². The minimum absolute atomic E-state index is 0.105. The van der Waals surface area contributed by atoms with Crippen LogP contribution < -0.4 is 5.73 Å². The van der Waals surface area contributed by atoms with Gasteiger partial charge in [0.2, 0.25) is 0 Å². The molecule has 1 aliphatic carbocycles. The number of rotatable bonds is 4. The maximum Gasteiger partial charge on any atom is 0.0963 e. The molecule has 1 atom stereocenters. The lowest BCUT2D eigenvalue weighted by Crippen LogP contribution is -2.05. The first-order valence-electron chi connectivity index (χ1n) is 6.10. The molecular formula is C13H20N2S. The van der Waals surface area contributed by atoms with E-state index in [1.807, 2.05) is 30.9 Å². The molecular weight excluding hydrogens is 216 g/mol. The van der Waals surface area contributed by atoms with Crippen LogP contribution in [0, 0.1) is 5.92 Å². The van der Waals surface area contributed by atoms with Gasteiger partial charge in [0, 0.05) is 18.0 Å². The summed E-state index contributed by atoms with van der Waals surface area (Å²) in [5.41, 5.74) is 7.05. The highest BCUT2D eigenvalue weighted by atomic mass is 32.2. The molecule has 88 valence electrons. The normalized spacial score (nSPS) is 18.9. The summed E-state index contributed by atoms with van der Waals surface area (Å²) >= 11 is 1.88. The van der Waals surface area contributed by atoms with E-state index in [2.05, 4.69) is 11.1 Å². The lowest BCUT2D eigenvalue weighted by atomic mass is 10.1. The van der Waals surface area contributed by atoms with E-state index in [1.165, 1.54) is 37.0 Å². The SMILES string of the molecule is CC(N)c1ccnc(SCC2CCCC2)c1. The Morgan fingerprint density at radius 1 is 1.50 bits per heavy atom. The second-order valence-corrected chi connectivity index (χ2v) is 5.72. The van der Waals surface area contributed by atoms with E-state index in [0.29, 0.717) is 0 Å². The molecule has 2 rings (SSSR count). The van der Waals surface area contributed by atoms with Crippen molar-refractivity contribution in [1.29, 1.82) is 0 Å². The van der Waals surface area contributed by atoms with Gasteiger partial charge in [-0.3, -0.25) is 0 Å². The number of nitrogens with zero attached hydrogens (tertiary/aromatic N) is 1. The molecule has 1 fully saturated rings. The van der Waals surface area contributed by atoms with Crippen LogP contribution in [0.1, 0.15) is 44.2 Å². The monoisotopic (exact) mass is 236 g/mol. The van der Waals surface area contributed by atoms with Crippen LogP contribution >= 0.6 is 11.8 Å². The Labute approximate surface area is 102 Å². The van der Waals surface area contributed by atoms with Gasteiger partial charge in [-0.05, 0) is 43.4 Å². The summed E-state index contributed by atoms with van der Waals surface area (Å²) < 4.78 is 0. The first kappa shape index (κ1) is 11.9. The average Bonchev–Trinajstić information content (AvgIpc) is 2.79. The molecule has 2 nitrogen and oxygen atoms in total. The predicted molar refractivity (Wildman–Crippen MR) is 69.5 cm³/mol. The fraction of sp³-hybridized carbons (Fsp3) is 0.615. The van der Waals surface area contributed by atoms with Crippen LogP contribution in [-0.2, 0) is 0 Å². The Balaban J connectivity index is 1.90. The predicted octanol–water partition coefficient (Wildman–Crippen LogP) is 3.38. The maximum absolute atomic E-state index is 5.86. The van der Waals surface area contributed by atoms with E-state index in [9.17, 15) is 0 Å². The van der Waals surface area contributed by atoms with E-state index >= 15 is 0 Å². The molecule has 1 unspecified atom stereocenters. The van der Waals surface area contributed by atoms with Gasteiger partial charge in [0.05, 0.1) is 5.03 Å². The number of hydrogen-bond acceptors (Lipinski definition) is 3. The average molecular weight is 236 g/mol. The summed E-state index contributed by atoms with van der Waals surface area (Å²) in [5.74, 6) is 2.13. The highest BCUT2D eigenvalue weighted by Gasteiger charge is 2.15. The zero-order valence-electron chi connectivity index (χ0n) is 9.86. The summed E-state index contributed by atoms with van der Waals surface area (Å²) in [6, 6.07) is 4.24. The topological polar surface area (TPSA) is 38.9 Å². The van der Waals surface area contributed by atoms with Gasteiger partial charge in [0.1, 0.15) is 0 Å². The molecule has 0 radical (unpaired) electrons. The zero-order chi connectivity index (χ0) is 11.4. The van der Waals surface area contributed by atoms with Crippen LogP contribution in [0.2, 0.25) is 0 Å². The Morgan fingerprint density at radius 2 is 2.25 bits per heavy atom. The van der Waals surface area contributed by atoms with Gasteiger partial charge in [-0.15, -0.1) is 11.8 Å². The van der Waals surface area contributed by atoms with Crippen molar-refractivity contribution >= 4 is 11.8 Å². The van der Waals surface area contributed by atoms with Gasteiger partial charge in [0.15, 0.2) is 0 Å². The van der Waals surface area contributed by atoms with Crippen LogP contribution in [0.25, 0.3) is 0 Å². The number of aromatic nitrogens is 1. The standard InChI is InChI=1S/C13H20N2S/c1-10(14)12-6-7-15-13(8-12)16-9-11-4-2-3-5-11/h6-8,10-11H,2-5,9,14H2,1H3. The minimum Gasteiger partial charge on any atom is -0.324 e. The van der Waals surface area contributed by atoms with E-state index < -0.39 is 0 Å². The summed E-state index contributed by atoms with van der Waals surface area (Å²) in [6.45, 7) is 2.01. The summed E-state index contributed by atoms with van der Waals surface area (Å²) in [7, 11) is 0. The molecule has 16 heavy (non-hydrogen) atoms. The number of pyridine rings is 1. The van der Waals surface area contributed by atoms with E-state index in [-0.39, 0.29) is 6.04 Å². The Morgan fingerprint density at radius 3 is 2.94 bits per heavy atom. The molecule has 1 saturated carbocycles. The van der Waals surface area contributed by atoms with Gasteiger partial charge in [-0.1, -0.05) is 12.8 Å². The maximum atomic E-state index is 5.86. The van der Waals surface area contributed by atoms with Gasteiger partial charge >= 0.3 is 0 Å². The summed E-state index contributed by atoms with van der Waals surface area (Å²) in [6.07, 6.45) is 7.51. The fourth-order valence-electron chi connectivity index (χ4n) is 2.17. The summed E-state index contributed by atoms with van der Waals surface area (Å²) in [5, 5.41) is 1.13. The molecule has 1 aromatic heterocycles. The van der Waals surface area contributed by atoms with E-state index in [4.69, 9.17) is 5.73 Å². The Kier molecular flexibility index (Phi) is 4.24. The van der Waals surface area contributed by atoms with Gasteiger partial charge < -0.3 is 5.73 Å². The lowest BCUT2D eigenvalue weighted by molar-refractivity contribution is 0.623. The number of nitrogens with two attached hydrogens (primary N) is 1. The molecule has 0 bridgehead atoms. The van der Waals surface area contributed by atoms with Gasteiger partial charge in [-0.25, -0.2) is 4.98 Å². The third-order valence-corrected chi connectivity index (χ3v) is 4.38. The molecule has 0 aliphatic heterocycles.